The predicted molar refractivity (Wildman–Crippen MR) is 76.6 cm³/mol. The maximum absolute atomic E-state index is 12.1. The van der Waals surface area contributed by atoms with Crippen molar-refractivity contribution in [3.8, 4) is 0 Å². The lowest BCUT2D eigenvalue weighted by Crippen LogP contribution is -2.24. The molecule has 2 amide bonds. The zero-order valence-corrected chi connectivity index (χ0v) is 12.0. The number of nitrogens with one attached hydrogen (secondary N) is 2. The van der Waals surface area contributed by atoms with E-state index in [0.717, 1.165) is 6.42 Å². The van der Waals surface area contributed by atoms with Crippen molar-refractivity contribution in [3.05, 3.63) is 36.0 Å². The van der Waals surface area contributed by atoms with Crippen molar-refractivity contribution in [1.82, 2.24) is 15.1 Å². The van der Waals surface area contributed by atoms with Gasteiger partial charge in [-0.15, -0.1) is 0 Å². The van der Waals surface area contributed by atoms with Crippen LogP contribution in [-0.2, 0) is 18.4 Å². The highest BCUT2D eigenvalue weighted by atomic mass is 16.3. The molecule has 2 aromatic rings. The first-order valence-corrected chi connectivity index (χ1v) is 6.74. The van der Waals surface area contributed by atoms with Gasteiger partial charge in [-0.2, -0.15) is 5.10 Å². The van der Waals surface area contributed by atoms with Crippen LogP contribution in [0.15, 0.2) is 29.0 Å². The molecular weight excluding hydrogens is 272 g/mol. The fourth-order valence-electron chi connectivity index (χ4n) is 1.85. The smallest absolute Gasteiger partial charge is 0.274 e. The zero-order valence-electron chi connectivity index (χ0n) is 12.0. The van der Waals surface area contributed by atoms with Gasteiger partial charge in [0.15, 0.2) is 5.69 Å². The van der Waals surface area contributed by atoms with Gasteiger partial charge in [0.25, 0.3) is 5.91 Å². The molecule has 0 saturated heterocycles. The van der Waals surface area contributed by atoms with Crippen LogP contribution in [0, 0.1) is 0 Å². The Kier molecular flexibility index (Phi) is 4.76. The van der Waals surface area contributed by atoms with E-state index in [-0.39, 0.29) is 24.1 Å². The maximum atomic E-state index is 12.1. The molecule has 0 aliphatic carbocycles. The first-order valence-electron chi connectivity index (χ1n) is 6.74. The summed E-state index contributed by atoms with van der Waals surface area (Å²) in [4.78, 5) is 23.8. The number of carbonyl (C=O) groups is 2. The third kappa shape index (κ3) is 3.95. The first kappa shape index (κ1) is 14.8. The van der Waals surface area contributed by atoms with Crippen LogP contribution < -0.4 is 10.6 Å². The monoisotopic (exact) mass is 290 g/mol. The molecule has 0 aliphatic rings. The Morgan fingerprint density at radius 3 is 2.90 bits per heavy atom. The van der Waals surface area contributed by atoms with E-state index in [4.69, 9.17) is 4.42 Å². The third-order valence-electron chi connectivity index (χ3n) is 2.80. The van der Waals surface area contributed by atoms with Gasteiger partial charge in [0.1, 0.15) is 5.76 Å². The summed E-state index contributed by atoms with van der Waals surface area (Å²) in [5.41, 5.74) is 0.599. The first-order chi connectivity index (χ1) is 10.1. The normalized spacial score (nSPS) is 10.4. The van der Waals surface area contributed by atoms with Crippen molar-refractivity contribution in [2.24, 2.45) is 7.05 Å². The molecule has 0 bridgehead atoms. The number of rotatable bonds is 6. The Balaban J connectivity index is 2.04. The summed E-state index contributed by atoms with van der Waals surface area (Å²) < 4.78 is 6.63. The summed E-state index contributed by atoms with van der Waals surface area (Å²) in [5.74, 6) is 0.153. The summed E-state index contributed by atoms with van der Waals surface area (Å²) in [7, 11) is 1.69. The van der Waals surface area contributed by atoms with Gasteiger partial charge in [0.05, 0.1) is 18.5 Å². The number of furan rings is 1. The van der Waals surface area contributed by atoms with Crippen LogP contribution in [0.5, 0.6) is 0 Å². The van der Waals surface area contributed by atoms with Crippen LogP contribution in [-0.4, -0.2) is 21.6 Å². The number of anilines is 1. The van der Waals surface area contributed by atoms with E-state index in [1.165, 1.54) is 4.68 Å². The summed E-state index contributed by atoms with van der Waals surface area (Å²) in [6.07, 6.45) is 4.29. The highest BCUT2D eigenvalue weighted by Gasteiger charge is 2.17. The lowest BCUT2D eigenvalue weighted by atomic mass is 10.3. The van der Waals surface area contributed by atoms with Gasteiger partial charge in [-0.05, 0) is 18.6 Å². The van der Waals surface area contributed by atoms with Crippen molar-refractivity contribution >= 4 is 17.5 Å². The molecule has 0 spiro atoms. The van der Waals surface area contributed by atoms with Gasteiger partial charge in [0.2, 0.25) is 5.91 Å². The average molecular weight is 290 g/mol. The maximum Gasteiger partial charge on any atom is 0.274 e. The number of hydrogen-bond donors (Lipinski definition) is 2. The molecule has 0 atom stereocenters. The van der Waals surface area contributed by atoms with Crippen LogP contribution in [0.3, 0.4) is 0 Å². The minimum absolute atomic E-state index is 0.134. The topological polar surface area (TPSA) is 89.2 Å². The van der Waals surface area contributed by atoms with Crippen molar-refractivity contribution in [2.45, 2.75) is 26.3 Å². The minimum Gasteiger partial charge on any atom is -0.467 e. The molecule has 0 fully saturated rings. The van der Waals surface area contributed by atoms with Crippen LogP contribution in [0.2, 0.25) is 0 Å². The number of nitrogens with zero attached hydrogens (tertiary/aromatic N) is 2. The fraction of sp³-hybridized carbons (Fsp3) is 0.357. The van der Waals surface area contributed by atoms with Gasteiger partial charge >= 0.3 is 0 Å². The molecule has 112 valence electrons. The lowest BCUT2D eigenvalue weighted by Gasteiger charge is -2.05. The zero-order chi connectivity index (χ0) is 15.2. The lowest BCUT2D eigenvalue weighted by molar-refractivity contribution is -0.116. The van der Waals surface area contributed by atoms with Crippen molar-refractivity contribution in [3.63, 3.8) is 0 Å². The van der Waals surface area contributed by atoms with Crippen molar-refractivity contribution in [2.75, 3.05) is 5.32 Å². The largest absolute Gasteiger partial charge is 0.467 e. The van der Waals surface area contributed by atoms with Gasteiger partial charge in [0, 0.05) is 19.7 Å². The summed E-state index contributed by atoms with van der Waals surface area (Å²) in [6.45, 7) is 2.19. The Morgan fingerprint density at radius 2 is 2.24 bits per heavy atom. The molecule has 2 rings (SSSR count). The second-order valence-corrected chi connectivity index (χ2v) is 4.63. The van der Waals surface area contributed by atoms with E-state index in [1.807, 2.05) is 6.92 Å². The van der Waals surface area contributed by atoms with E-state index in [0.29, 0.717) is 17.9 Å². The quantitative estimate of drug-likeness (QED) is 0.847. The van der Waals surface area contributed by atoms with E-state index in [2.05, 4.69) is 15.7 Å². The number of hydrogen-bond acceptors (Lipinski definition) is 4. The van der Waals surface area contributed by atoms with Crippen LogP contribution in [0.1, 0.15) is 36.0 Å². The molecule has 0 radical (unpaired) electrons. The standard InChI is InChI=1S/C14H18N4O3/c1-3-5-12(19)16-11-9-18(2)17-13(11)14(20)15-8-10-6-4-7-21-10/h4,6-7,9H,3,5,8H2,1-2H3,(H,15,20)(H,16,19). The molecule has 0 aromatic carbocycles. The predicted octanol–water partition coefficient (Wildman–Crippen LogP) is 1.68. The molecule has 2 heterocycles. The van der Waals surface area contributed by atoms with Gasteiger partial charge in [-0.3, -0.25) is 14.3 Å². The number of amides is 2. The molecule has 7 heteroatoms. The molecule has 0 aliphatic heterocycles. The second-order valence-electron chi connectivity index (χ2n) is 4.63. The summed E-state index contributed by atoms with van der Waals surface area (Å²) in [5, 5.41) is 9.48. The molecule has 7 nitrogen and oxygen atoms in total. The van der Waals surface area contributed by atoms with Crippen LogP contribution in [0.4, 0.5) is 5.69 Å². The van der Waals surface area contributed by atoms with Crippen LogP contribution >= 0.6 is 0 Å². The molecule has 0 unspecified atom stereocenters. The minimum atomic E-state index is -0.362. The fourth-order valence-corrected chi connectivity index (χ4v) is 1.85. The number of aromatic nitrogens is 2. The Morgan fingerprint density at radius 1 is 1.43 bits per heavy atom. The van der Waals surface area contributed by atoms with Gasteiger partial charge in [-0.1, -0.05) is 6.92 Å². The highest BCUT2D eigenvalue weighted by molar-refractivity contribution is 6.02. The number of aryl methyl sites for hydroxylation is 1. The molecule has 2 aromatic heterocycles. The van der Waals surface area contributed by atoms with E-state index < -0.39 is 0 Å². The molecule has 2 N–H and O–H groups in total. The molecule has 0 saturated carbocycles. The van der Waals surface area contributed by atoms with E-state index >= 15 is 0 Å². The summed E-state index contributed by atoms with van der Waals surface area (Å²) in [6, 6.07) is 3.52. The van der Waals surface area contributed by atoms with Gasteiger partial charge in [-0.25, -0.2) is 0 Å². The van der Waals surface area contributed by atoms with Gasteiger partial charge < -0.3 is 15.1 Å². The number of carbonyl (C=O) groups excluding carboxylic acids is 2. The highest BCUT2D eigenvalue weighted by Crippen LogP contribution is 2.14. The van der Waals surface area contributed by atoms with Crippen molar-refractivity contribution in [1.29, 1.82) is 0 Å². The second kappa shape index (κ2) is 6.74. The average Bonchev–Trinajstić information content (AvgIpc) is 3.06. The summed E-state index contributed by atoms with van der Waals surface area (Å²) >= 11 is 0. The Hall–Kier alpha value is -2.57. The van der Waals surface area contributed by atoms with E-state index in [1.54, 1.807) is 31.6 Å². The Bertz CT molecular complexity index is 616. The molecule has 21 heavy (non-hydrogen) atoms. The van der Waals surface area contributed by atoms with E-state index in [9.17, 15) is 9.59 Å². The Labute approximate surface area is 122 Å². The SMILES string of the molecule is CCCC(=O)Nc1cn(C)nc1C(=O)NCc1ccco1. The molecular formula is C14H18N4O3. The third-order valence-corrected chi connectivity index (χ3v) is 2.80. The van der Waals surface area contributed by atoms with Crippen LogP contribution in [0.25, 0.3) is 0 Å². The van der Waals surface area contributed by atoms with Crippen molar-refractivity contribution < 1.29 is 14.0 Å².